The Kier molecular flexibility index (Phi) is 6.79. The molecule has 1 amide bonds. The van der Waals surface area contributed by atoms with Crippen molar-refractivity contribution >= 4 is 23.5 Å². The minimum atomic E-state index is -0.214. The van der Waals surface area contributed by atoms with Crippen LogP contribution in [0.3, 0.4) is 0 Å². The van der Waals surface area contributed by atoms with Crippen LogP contribution >= 0.6 is 0 Å². The Morgan fingerprint density at radius 2 is 1.88 bits per heavy atom. The number of hydrogen-bond acceptors (Lipinski definition) is 5. The molecule has 0 saturated heterocycles. The molecule has 0 fully saturated rings. The number of aliphatic hydroxyl groups excluding tert-OH is 1. The Labute approximate surface area is 141 Å². The molecule has 0 saturated carbocycles. The monoisotopic (exact) mass is 326 g/mol. The number of hydrogen-bond donors (Lipinski definition) is 3. The smallest absolute Gasteiger partial charge is 0.259 e. The highest BCUT2D eigenvalue weighted by molar-refractivity contribution is 5.84. The van der Waals surface area contributed by atoms with E-state index >= 15 is 0 Å². The lowest BCUT2D eigenvalue weighted by molar-refractivity contribution is -0.119. The van der Waals surface area contributed by atoms with Crippen LogP contribution < -0.4 is 15.6 Å². The van der Waals surface area contributed by atoms with Gasteiger partial charge in [-0.15, -0.1) is 0 Å². The van der Waals surface area contributed by atoms with Crippen molar-refractivity contribution in [3.8, 4) is 0 Å². The molecule has 0 aliphatic rings. The summed E-state index contributed by atoms with van der Waals surface area (Å²) in [7, 11) is 1.92. The molecule has 0 spiro atoms. The van der Waals surface area contributed by atoms with Gasteiger partial charge in [0, 0.05) is 25.0 Å². The number of nitrogens with one attached hydrogen (secondary N) is 2. The molecule has 6 nitrogen and oxygen atoms in total. The van der Waals surface area contributed by atoms with Crippen LogP contribution in [0.15, 0.2) is 59.7 Å². The van der Waals surface area contributed by atoms with Crippen LogP contribution in [-0.4, -0.2) is 44.0 Å². The minimum Gasteiger partial charge on any atom is -0.395 e. The van der Waals surface area contributed by atoms with Gasteiger partial charge in [-0.1, -0.05) is 30.3 Å². The van der Waals surface area contributed by atoms with Crippen LogP contribution in [0.2, 0.25) is 0 Å². The highest BCUT2D eigenvalue weighted by Gasteiger charge is 2.00. The average molecular weight is 326 g/mol. The van der Waals surface area contributed by atoms with Crippen molar-refractivity contribution in [3.63, 3.8) is 0 Å². The minimum absolute atomic E-state index is 0.114. The van der Waals surface area contributed by atoms with E-state index in [1.807, 2.05) is 66.5 Å². The van der Waals surface area contributed by atoms with Crippen LogP contribution in [0.5, 0.6) is 0 Å². The fourth-order valence-electron chi connectivity index (χ4n) is 2.05. The molecule has 6 heteroatoms. The molecule has 0 heterocycles. The van der Waals surface area contributed by atoms with Gasteiger partial charge >= 0.3 is 0 Å². The van der Waals surface area contributed by atoms with Crippen molar-refractivity contribution in [2.45, 2.75) is 0 Å². The number of rotatable bonds is 8. The third kappa shape index (κ3) is 5.73. The summed E-state index contributed by atoms with van der Waals surface area (Å²) in [6.07, 6.45) is 1.59. The summed E-state index contributed by atoms with van der Waals surface area (Å²) in [5, 5.41) is 15.9. The zero-order valence-corrected chi connectivity index (χ0v) is 13.6. The molecule has 3 N–H and O–H groups in total. The highest BCUT2D eigenvalue weighted by Crippen LogP contribution is 2.12. The lowest BCUT2D eigenvalue weighted by Crippen LogP contribution is -2.25. The number of likely N-dealkylation sites (N-methyl/N-ethyl adjacent to an activating group) is 1. The molecule has 0 atom stereocenters. The molecule has 24 heavy (non-hydrogen) atoms. The van der Waals surface area contributed by atoms with E-state index in [1.54, 1.807) is 6.21 Å². The average Bonchev–Trinajstić information content (AvgIpc) is 2.61. The Morgan fingerprint density at radius 1 is 1.17 bits per heavy atom. The lowest BCUT2D eigenvalue weighted by Gasteiger charge is -2.17. The fourth-order valence-corrected chi connectivity index (χ4v) is 2.05. The SMILES string of the molecule is CN(CCO)c1ccc(/C=N/NC(=O)CNc2ccccc2)cc1. The summed E-state index contributed by atoms with van der Waals surface area (Å²) < 4.78 is 0. The summed E-state index contributed by atoms with van der Waals surface area (Å²) >= 11 is 0. The second kappa shape index (κ2) is 9.32. The first-order valence-electron chi connectivity index (χ1n) is 7.72. The molecule has 2 rings (SSSR count). The van der Waals surface area contributed by atoms with Gasteiger partial charge in [-0.3, -0.25) is 4.79 Å². The molecule has 2 aromatic rings. The second-order valence-electron chi connectivity index (χ2n) is 5.25. The van der Waals surface area contributed by atoms with E-state index in [0.717, 1.165) is 16.9 Å². The first kappa shape index (κ1) is 17.5. The number of nitrogens with zero attached hydrogens (tertiary/aromatic N) is 2. The van der Waals surface area contributed by atoms with E-state index in [2.05, 4.69) is 15.8 Å². The number of amides is 1. The maximum absolute atomic E-state index is 11.7. The van der Waals surface area contributed by atoms with Gasteiger partial charge < -0.3 is 15.3 Å². The number of hydrazone groups is 1. The number of aliphatic hydroxyl groups is 1. The summed E-state index contributed by atoms with van der Waals surface area (Å²) in [4.78, 5) is 13.7. The number of para-hydroxylation sites is 1. The van der Waals surface area contributed by atoms with Crippen LogP contribution in [-0.2, 0) is 4.79 Å². The van der Waals surface area contributed by atoms with E-state index in [1.165, 1.54) is 0 Å². The fraction of sp³-hybridized carbons (Fsp3) is 0.222. The summed E-state index contributed by atoms with van der Waals surface area (Å²) in [6, 6.07) is 17.2. The molecule has 0 unspecified atom stereocenters. The van der Waals surface area contributed by atoms with Gasteiger partial charge in [-0.05, 0) is 29.8 Å². The van der Waals surface area contributed by atoms with Gasteiger partial charge in [-0.25, -0.2) is 5.43 Å². The van der Waals surface area contributed by atoms with Gasteiger partial charge in [0.25, 0.3) is 5.91 Å². The zero-order valence-electron chi connectivity index (χ0n) is 13.6. The first-order valence-corrected chi connectivity index (χ1v) is 7.72. The summed E-state index contributed by atoms with van der Waals surface area (Å²) in [5.41, 5.74) is 5.27. The molecular weight excluding hydrogens is 304 g/mol. The van der Waals surface area contributed by atoms with Crippen LogP contribution in [0, 0.1) is 0 Å². The van der Waals surface area contributed by atoms with Crippen LogP contribution in [0.25, 0.3) is 0 Å². The Morgan fingerprint density at radius 3 is 2.54 bits per heavy atom. The molecule has 2 aromatic carbocycles. The van der Waals surface area contributed by atoms with Gasteiger partial charge in [0.1, 0.15) is 0 Å². The maximum atomic E-state index is 11.7. The Balaban J connectivity index is 1.77. The van der Waals surface area contributed by atoms with Gasteiger partial charge in [0.2, 0.25) is 0 Å². The number of benzene rings is 2. The Bertz CT molecular complexity index is 656. The highest BCUT2D eigenvalue weighted by atomic mass is 16.3. The Hall–Kier alpha value is -2.86. The third-order valence-electron chi connectivity index (χ3n) is 3.40. The van der Waals surface area contributed by atoms with Crippen molar-refractivity contribution in [1.82, 2.24) is 5.43 Å². The molecule has 0 aliphatic carbocycles. The predicted octanol–water partition coefficient (Wildman–Crippen LogP) is 1.68. The first-order chi connectivity index (χ1) is 11.7. The van der Waals surface area contributed by atoms with Crippen molar-refractivity contribution in [2.24, 2.45) is 5.10 Å². The van der Waals surface area contributed by atoms with Crippen molar-refractivity contribution in [1.29, 1.82) is 0 Å². The lowest BCUT2D eigenvalue weighted by atomic mass is 10.2. The molecular formula is C18H22N4O2. The molecule has 126 valence electrons. The van der Waals surface area contributed by atoms with E-state index in [0.29, 0.717) is 6.54 Å². The van der Waals surface area contributed by atoms with E-state index in [4.69, 9.17) is 5.11 Å². The molecule has 0 radical (unpaired) electrons. The van der Waals surface area contributed by atoms with Crippen LogP contribution in [0.1, 0.15) is 5.56 Å². The van der Waals surface area contributed by atoms with Gasteiger partial charge in [-0.2, -0.15) is 5.10 Å². The second-order valence-corrected chi connectivity index (χ2v) is 5.25. The topological polar surface area (TPSA) is 77.0 Å². The largest absolute Gasteiger partial charge is 0.395 e. The summed E-state index contributed by atoms with van der Waals surface area (Å²) in [5.74, 6) is -0.214. The normalized spacial score (nSPS) is 10.6. The number of anilines is 2. The van der Waals surface area contributed by atoms with Crippen LogP contribution in [0.4, 0.5) is 11.4 Å². The molecule has 0 bridgehead atoms. The van der Waals surface area contributed by atoms with E-state index < -0.39 is 0 Å². The van der Waals surface area contributed by atoms with Gasteiger partial charge in [0.15, 0.2) is 0 Å². The zero-order chi connectivity index (χ0) is 17.2. The third-order valence-corrected chi connectivity index (χ3v) is 3.40. The van der Waals surface area contributed by atoms with Crippen molar-refractivity contribution < 1.29 is 9.90 Å². The van der Waals surface area contributed by atoms with Crippen molar-refractivity contribution in [2.75, 3.05) is 37.0 Å². The van der Waals surface area contributed by atoms with Gasteiger partial charge in [0.05, 0.1) is 19.4 Å². The maximum Gasteiger partial charge on any atom is 0.259 e. The van der Waals surface area contributed by atoms with Crippen molar-refractivity contribution in [3.05, 3.63) is 60.2 Å². The van der Waals surface area contributed by atoms with E-state index in [-0.39, 0.29) is 19.1 Å². The van der Waals surface area contributed by atoms with E-state index in [9.17, 15) is 4.79 Å². The standard InChI is InChI=1S/C18H22N4O2/c1-22(11-12-23)17-9-7-15(8-10-17)13-20-21-18(24)14-19-16-5-3-2-4-6-16/h2-10,13,19,23H,11-12,14H2,1H3,(H,21,24)/b20-13+. The predicted molar refractivity (Wildman–Crippen MR) is 97.5 cm³/mol. The number of carbonyl (C=O) groups excluding carboxylic acids is 1. The molecule has 0 aliphatic heterocycles. The molecule has 0 aromatic heterocycles. The quantitative estimate of drug-likeness (QED) is 0.509. The number of carbonyl (C=O) groups is 1. The summed E-state index contributed by atoms with van der Waals surface area (Å²) in [6.45, 7) is 0.854.